The van der Waals surface area contributed by atoms with Gasteiger partial charge < -0.3 is 4.74 Å². The molecule has 2 fully saturated rings. The van der Waals surface area contributed by atoms with Gasteiger partial charge in [-0.3, -0.25) is 9.59 Å². The monoisotopic (exact) mass is 238 g/mol. The van der Waals surface area contributed by atoms with E-state index in [1.54, 1.807) is 0 Å². The lowest BCUT2D eigenvalue weighted by atomic mass is 9.94. The molecule has 2 saturated carbocycles. The first-order chi connectivity index (χ1) is 7.65. The summed E-state index contributed by atoms with van der Waals surface area (Å²) in [6.07, 6.45) is 1.03. The number of hydrogen-bond donors (Lipinski definition) is 0. The van der Waals surface area contributed by atoms with Gasteiger partial charge in [0.25, 0.3) is 0 Å². The van der Waals surface area contributed by atoms with Crippen LogP contribution in [0.25, 0.3) is 0 Å². The minimum atomic E-state index is -0.535. The molecule has 96 valence electrons. The zero-order chi connectivity index (χ0) is 13.0. The SMILES string of the molecule is CC(C)(C)C(=O)O[C@@H]1C(=O)CC[C@H]2[C@@H]1C2(C)C. The predicted octanol–water partition coefficient (Wildman–Crippen LogP) is 2.58. The van der Waals surface area contributed by atoms with Crippen LogP contribution < -0.4 is 0 Å². The lowest BCUT2D eigenvalue weighted by Crippen LogP contribution is -2.37. The molecule has 0 unspecified atom stereocenters. The quantitative estimate of drug-likeness (QED) is 0.659. The van der Waals surface area contributed by atoms with Crippen molar-refractivity contribution in [2.24, 2.45) is 22.7 Å². The van der Waals surface area contributed by atoms with Gasteiger partial charge in [0, 0.05) is 12.3 Å². The molecule has 0 radical (unpaired) electrons. The average Bonchev–Trinajstić information content (AvgIpc) is 2.72. The Hall–Kier alpha value is -0.860. The molecule has 0 aromatic rings. The zero-order valence-electron chi connectivity index (χ0n) is 11.4. The largest absolute Gasteiger partial charge is 0.454 e. The molecule has 17 heavy (non-hydrogen) atoms. The fourth-order valence-corrected chi connectivity index (χ4v) is 3.01. The summed E-state index contributed by atoms with van der Waals surface area (Å²) in [7, 11) is 0. The maximum Gasteiger partial charge on any atom is 0.311 e. The Labute approximate surface area is 103 Å². The highest BCUT2D eigenvalue weighted by Gasteiger charge is 2.65. The number of ether oxygens (including phenoxy) is 1. The summed E-state index contributed by atoms with van der Waals surface area (Å²) >= 11 is 0. The Morgan fingerprint density at radius 1 is 1.35 bits per heavy atom. The minimum Gasteiger partial charge on any atom is -0.454 e. The fraction of sp³-hybridized carbons (Fsp3) is 0.857. The van der Waals surface area contributed by atoms with E-state index in [0.29, 0.717) is 12.3 Å². The molecule has 0 spiro atoms. The van der Waals surface area contributed by atoms with Crippen molar-refractivity contribution >= 4 is 11.8 Å². The van der Waals surface area contributed by atoms with Crippen molar-refractivity contribution < 1.29 is 14.3 Å². The van der Waals surface area contributed by atoms with Crippen molar-refractivity contribution in [3.63, 3.8) is 0 Å². The molecular formula is C14H22O3. The fourth-order valence-electron chi connectivity index (χ4n) is 3.01. The van der Waals surface area contributed by atoms with Crippen LogP contribution in [0.1, 0.15) is 47.5 Å². The Bertz CT molecular complexity index is 362. The van der Waals surface area contributed by atoms with Gasteiger partial charge in [0.15, 0.2) is 11.9 Å². The summed E-state index contributed by atoms with van der Waals surface area (Å²) in [6.45, 7) is 9.78. The summed E-state index contributed by atoms with van der Waals surface area (Å²) in [6, 6.07) is 0. The van der Waals surface area contributed by atoms with E-state index in [9.17, 15) is 9.59 Å². The first-order valence-corrected chi connectivity index (χ1v) is 6.39. The highest BCUT2D eigenvalue weighted by atomic mass is 16.5. The molecule has 3 nitrogen and oxygen atoms in total. The van der Waals surface area contributed by atoms with Gasteiger partial charge in [0.1, 0.15) is 0 Å². The molecule has 0 saturated heterocycles. The average molecular weight is 238 g/mol. The second kappa shape index (κ2) is 3.56. The van der Waals surface area contributed by atoms with Crippen LogP contribution in [0.3, 0.4) is 0 Å². The van der Waals surface area contributed by atoms with Gasteiger partial charge in [-0.2, -0.15) is 0 Å². The first kappa shape index (κ1) is 12.6. The molecule has 0 aromatic carbocycles. The topological polar surface area (TPSA) is 43.4 Å². The summed E-state index contributed by atoms with van der Waals surface area (Å²) in [4.78, 5) is 23.8. The van der Waals surface area contributed by atoms with Gasteiger partial charge >= 0.3 is 5.97 Å². The maximum atomic E-state index is 11.9. The molecule has 0 aliphatic heterocycles. The van der Waals surface area contributed by atoms with E-state index in [2.05, 4.69) is 13.8 Å². The normalized spacial score (nSPS) is 35.1. The molecule has 2 aliphatic rings. The van der Waals surface area contributed by atoms with Crippen molar-refractivity contribution in [1.82, 2.24) is 0 Å². The number of hydrogen-bond acceptors (Lipinski definition) is 3. The number of ketones is 1. The molecule has 2 aliphatic carbocycles. The van der Waals surface area contributed by atoms with E-state index in [0.717, 1.165) is 6.42 Å². The Morgan fingerprint density at radius 2 is 1.94 bits per heavy atom. The van der Waals surface area contributed by atoms with Crippen molar-refractivity contribution in [3.8, 4) is 0 Å². The van der Waals surface area contributed by atoms with Crippen molar-refractivity contribution in [1.29, 1.82) is 0 Å². The number of esters is 1. The first-order valence-electron chi connectivity index (χ1n) is 6.39. The van der Waals surface area contributed by atoms with E-state index in [1.165, 1.54) is 0 Å². The van der Waals surface area contributed by atoms with Crippen LogP contribution in [0.15, 0.2) is 0 Å². The van der Waals surface area contributed by atoms with Gasteiger partial charge in [-0.05, 0) is 38.5 Å². The third-order valence-corrected chi connectivity index (χ3v) is 4.33. The number of carbonyl (C=O) groups excluding carboxylic acids is 2. The Kier molecular flexibility index (Phi) is 2.64. The van der Waals surface area contributed by atoms with Crippen molar-refractivity contribution in [2.75, 3.05) is 0 Å². The molecule has 3 atom stereocenters. The number of fused-ring (bicyclic) bond motifs is 1. The zero-order valence-corrected chi connectivity index (χ0v) is 11.4. The van der Waals surface area contributed by atoms with Crippen LogP contribution in [0.4, 0.5) is 0 Å². The second-order valence-electron chi connectivity index (χ2n) is 7.03. The van der Waals surface area contributed by atoms with Crippen LogP contribution in [-0.4, -0.2) is 17.9 Å². The summed E-state index contributed by atoms with van der Waals surface area (Å²) in [5.74, 6) is 0.640. The summed E-state index contributed by atoms with van der Waals surface area (Å²) < 4.78 is 5.47. The molecule has 2 rings (SSSR count). The second-order valence-corrected chi connectivity index (χ2v) is 7.03. The van der Waals surface area contributed by atoms with Crippen LogP contribution in [0, 0.1) is 22.7 Å². The standard InChI is InChI=1S/C14H22O3/c1-13(2,3)12(16)17-11-9(15)7-6-8-10(11)14(8,4)5/h8,10-11H,6-7H2,1-5H3/t8-,10-,11+/m0/s1. The van der Waals surface area contributed by atoms with E-state index < -0.39 is 11.5 Å². The van der Waals surface area contributed by atoms with Crippen molar-refractivity contribution in [3.05, 3.63) is 0 Å². The summed E-state index contributed by atoms with van der Waals surface area (Å²) in [5.41, 5.74) is -0.374. The van der Waals surface area contributed by atoms with Gasteiger partial charge in [-0.1, -0.05) is 13.8 Å². The predicted molar refractivity (Wildman–Crippen MR) is 64.3 cm³/mol. The van der Waals surface area contributed by atoms with Crippen LogP contribution in [-0.2, 0) is 14.3 Å². The molecule has 3 heteroatoms. The van der Waals surface area contributed by atoms with Gasteiger partial charge in [0.2, 0.25) is 0 Å². The molecule has 0 aromatic heterocycles. The minimum absolute atomic E-state index is 0.106. The Balaban J connectivity index is 2.10. The third-order valence-electron chi connectivity index (χ3n) is 4.33. The summed E-state index contributed by atoms with van der Waals surface area (Å²) in [5, 5.41) is 0. The molecular weight excluding hydrogens is 216 g/mol. The number of Topliss-reactive ketones (excluding diaryl/α,β-unsaturated/α-hetero) is 1. The smallest absolute Gasteiger partial charge is 0.311 e. The van der Waals surface area contributed by atoms with Crippen LogP contribution in [0.5, 0.6) is 0 Å². The van der Waals surface area contributed by atoms with E-state index >= 15 is 0 Å². The van der Waals surface area contributed by atoms with E-state index in [1.807, 2.05) is 20.8 Å². The van der Waals surface area contributed by atoms with E-state index in [4.69, 9.17) is 4.74 Å². The maximum absolute atomic E-state index is 11.9. The number of carbonyl (C=O) groups is 2. The lowest BCUT2D eigenvalue weighted by molar-refractivity contribution is -0.165. The van der Waals surface area contributed by atoms with Gasteiger partial charge in [-0.15, -0.1) is 0 Å². The van der Waals surface area contributed by atoms with Crippen LogP contribution >= 0.6 is 0 Å². The molecule has 0 bridgehead atoms. The lowest BCUT2D eigenvalue weighted by Gasteiger charge is -2.25. The van der Waals surface area contributed by atoms with Crippen molar-refractivity contribution in [2.45, 2.75) is 53.6 Å². The number of rotatable bonds is 1. The molecule has 0 N–H and O–H groups in total. The third kappa shape index (κ3) is 2.00. The Morgan fingerprint density at radius 3 is 2.47 bits per heavy atom. The molecule has 0 heterocycles. The molecule has 0 amide bonds. The highest BCUT2D eigenvalue weighted by molar-refractivity contribution is 5.88. The van der Waals surface area contributed by atoms with Crippen LogP contribution in [0.2, 0.25) is 0 Å². The van der Waals surface area contributed by atoms with E-state index in [-0.39, 0.29) is 23.1 Å². The van der Waals surface area contributed by atoms with Gasteiger partial charge in [-0.25, -0.2) is 0 Å². The highest BCUT2D eigenvalue weighted by Crippen LogP contribution is 2.64. The van der Waals surface area contributed by atoms with Gasteiger partial charge in [0.05, 0.1) is 5.41 Å².